The van der Waals surface area contributed by atoms with Crippen LogP contribution in [0.5, 0.6) is 0 Å². The van der Waals surface area contributed by atoms with Crippen LogP contribution in [0.3, 0.4) is 0 Å². The molecule has 2 atom stereocenters. The number of nitrogens with two attached hydrogens (primary N) is 1. The molecule has 6 heteroatoms. The van der Waals surface area contributed by atoms with Crippen molar-refractivity contribution in [3.8, 4) is 0 Å². The zero-order chi connectivity index (χ0) is 11.0. The maximum absolute atomic E-state index is 13.1. The second kappa shape index (κ2) is 3.62. The standard InChI is InChI=1S/C9H12FN3O2/c10-6-3-13(9(15)12-8(6)11)7-2-1-5(7)4-14/h3,5,7,14H,1-2,4H2,(H2,11,12,15). The van der Waals surface area contributed by atoms with Crippen LogP contribution in [-0.4, -0.2) is 21.3 Å². The van der Waals surface area contributed by atoms with Gasteiger partial charge in [0.1, 0.15) is 0 Å². The van der Waals surface area contributed by atoms with Crippen molar-refractivity contribution in [3.05, 3.63) is 22.5 Å². The van der Waals surface area contributed by atoms with E-state index < -0.39 is 11.5 Å². The lowest BCUT2D eigenvalue weighted by molar-refractivity contribution is 0.0935. The third kappa shape index (κ3) is 1.61. The van der Waals surface area contributed by atoms with E-state index in [1.165, 1.54) is 4.57 Å². The molecule has 82 valence electrons. The van der Waals surface area contributed by atoms with Crippen molar-refractivity contribution < 1.29 is 9.50 Å². The summed E-state index contributed by atoms with van der Waals surface area (Å²) in [6, 6.07) is -0.148. The first kappa shape index (κ1) is 10.1. The molecule has 0 radical (unpaired) electrons. The number of hydrogen-bond acceptors (Lipinski definition) is 4. The number of nitrogens with zero attached hydrogens (tertiary/aromatic N) is 2. The molecule has 2 rings (SSSR count). The van der Waals surface area contributed by atoms with E-state index in [0.717, 1.165) is 19.0 Å². The van der Waals surface area contributed by atoms with E-state index in [1.807, 2.05) is 0 Å². The summed E-state index contributed by atoms with van der Waals surface area (Å²) in [5, 5.41) is 8.98. The molecular formula is C9H12FN3O2. The van der Waals surface area contributed by atoms with E-state index in [-0.39, 0.29) is 24.4 Å². The summed E-state index contributed by atoms with van der Waals surface area (Å²) in [5.74, 6) is -1.05. The summed E-state index contributed by atoms with van der Waals surface area (Å²) in [6.45, 7) is 0.00308. The van der Waals surface area contributed by atoms with Gasteiger partial charge in [0, 0.05) is 24.8 Å². The van der Waals surface area contributed by atoms with Crippen LogP contribution in [0, 0.1) is 11.7 Å². The molecule has 0 spiro atoms. The Morgan fingerprint density at radius 3 is 2.93 bits per heavy atom. The lowest BCUT2D eigenvalue weighted by Crippen LogP contribution is -2.38. The minimum atomic E-state index is -0.696. The molecule has 1 fully saturated rings. The fraction of sp³-hybridized carbons (Fsp3) is 0.556. The average molecular weight is 213 g/mol. The van der Waals surface area contributed by atoms with Crippen molar-refractivity contribution >= 4 is 5.82 Å². The third-order valence-electron chi connectivity index (χ3n) is 2.90. The van der Waals surface area contributed by atoms with Gasteiger partial charge in [-0.1, -0.05) is 0 Å². The quantitative estimate of drug-likeness (QED) is 0.719. The lowest BCUT2D eigenvalue weighted by atomic mass is 9.80. The Balaban J connectivity index is 2.36. The first-order chi connectivity index (χ1) is 7.13. The molecule has 1 saturated carbocycles. The average Bonchev–Trinajstić information content (AvgIpc) is 2.13. The number of hydrogen-bond donors (Lipinski definition) is 2. The van der Waals surface area contributed by atoms with Crippen LogP contribution in [0.2, 0.25) is 0 Å². The molecule has 1 aliphatic carbocycles. The molecule has 5 nitrogen and oxygen atoms in total. The predicted molar refractivity (Wildman–Crippen MR) is 51.7 cm³/mol. The van der Waals surface area contributed by atoms with Gasteiger partial charge in [-0.2, -0.15) is 4.98 Å². The summed E-state index contributed by atoms with van der Waals surface area (Å²) < 4.78 is 14.3. The molecule has 0 saturated heterocycles. The van der Waals surface area contributed by atoms with Crippen molar-refractivity contribution in [2.75, 3.05) is 12.3 Å². The van der Waals surface area contributed by atoms with Gasteiger partial charge >= 0.3 is 5.69 Å². The zero-order valence-corrected chi connectivity index (χ0v) is 8.06. The summed E-state index contributed by atoms with van der Waals surface area (Å²) in [7, 11) is 0. The first-order valence-corrected chi connectivity index (χ1v) is 4.78. The summed E-state index contributed by atoms with van der Waals surface area (Å²) >= 11 is 0. The minimum Gasteiger partial charge on any atom is -0.396 e. The van der Waals surface area contributed by atoms with Crippen LogP contribution in [-0.2, 0) is 0 Å². The largest absolute Gasteiger partial charge is 0.396 e. The van der Waals surface area contributed by atoms with Crippen LogP contribution in [0.25, 0.3) is 0 Å². The van der Waals surface area contributed by atoms with E-state index in [2.05, 4.69) is 4.98 Å². The second-order valence-corrected chi connectivity index (χ2v) is 3.75. The Labute approximate surface area is 85.4 Å². The SMILES string of the molecule is Nc1nc(=O)n(C2CCC2CO)cc1F. The molecule has 0 aliphatic heterocycles. The molecule has 0 amide bonds. The summed E-state index contributed by atoms with van der Waals surface area (Å²) in [4.78, 5) is 14.8. The topological polar surface area (TPSA) is 81.1 Å². The Bertz CT molecular complexity index is 430. The highest BCUT2D eigenvalue weighted by Crippen LogP contribution is 2.37. The third-order valence-corrected chi connectivity index (χ3v) is 2.90. The van der Waals surface area contributed by atoms with Crippen LogP contribution in [0.4, 0.5) is 10.2 Å². The fourth-order valence-electron chi connectivity index (χ4n) is 1.83. The zero-order valence-electron chi connectivity index (χ0n) is 8.06. The Hall–Kier alpha value is -1.43. The number of nitrogen functional groups attached to an aromatic ring is 1. The molecule has 1 heterocycles. The van der Waals surface area contributed by atoms with Gasteiger partial charge in [0.05, 0.1) is 0 Å². The molecule has 2 unspecified atom stereocenters. The van der Waals surface area contributed by atoms with Crippen LogP contribution in [0.1, 0.15) is 18.9 Å². The molecule has 1 aliphatic rings. The van der Waals surface area contributed by atoms with Gasteiger partial charge in [-0.25, -0.2) is 9.18 Å². The van der Waals surface area contributed by atoms with E-state index in [4.69, 9.17) is 10.8 Å². The number of halogens is 1. The van der Waals surface area contributed by atoms with Crippen molar-refractivity contribution in [2.45, 2.75) is 18.9 Å². The maximum Gasteiger partial charge on any atom is 0.349 e. The smallest absolute Gasteiger partial charge is 0.349 e. The normalized spacial score (nSPS) is 24.9. The summed E-state index contributed by atoms with van der Waals surface area (Å²) in [5.41, 5.74) is 4.61. The van der Waals surface area contributed by atoms with Crippen molar-refractivity contribution in [2.24, 2.45) is 5.92 Å². The van der Waals surface area contributed by atoms with Crippen LogP contribution >= 0.6 is 0 Å². The monoisotopic (exact) mass is 213 g/mol. The van der Waals surface area contributed by atoms with Gasteiger partial charge in [0.15, 0.2) is 11.6 Å². The van der Waals surface area contributed by atoms with Gasteiger partial charge in [0.2, 0.25) is 0 Å². The number of rotatable bonds is 2. The van der Waals surface area contributed by atoms with E-state index in [9.17, 15) is 9.18 Å². The number of aromatic nitrogens is 2. The summed E-state index contributed by atoms with van der Waals surface area (Å²) in [6.07, 6.45) is 2.67. The molecule has 15 heavy (non-hydrogen) atoms. The minimum absolute atomic E-state index is 0.00308. The van der Waals surface area contributed by atoms with Gasteiger partial charge in [0.25, 0.3) is 0 Å². The Morgan fingerprint density at radius 2 is 2.40 bits per heavy atom. The van der Waals surface area contributed by atoms with Gasteiger partial charge < -0.3 is 10.8 Å². The number of anilines is 1. The molecule has 1 aromatic rings. The van der Waals surface area contributed by atoms with Gasteiger partial charge in [-0.3, -0.25) is 4.57 Å². The van der Waals surface area contributed by atoms with Gasteiger partial charge in [-0.15, -0.1) is 0 Å². The number of aliphatic hydroxyl groups excluding tert-OH is 1. The van der Waals surface area contributed by atoms with Crippen molar-refractivity contribution in [1.82, 2.24) is 9.55 Å². The highest BCUT2D eigenvalue weighted by molar-refractivity contribution is 5.26. The molecular weight excluding hydrogens is 201 g/mol. The number of aliphatic hydroxyl groups is 1. The first-order valence-electron chi connectivity index (χ1n) is 4.78. The van der Waals surface area contributed by atoms with Crippen LogP contribution < -0.4 is 11.4 Å². The van der Waals surface area contributed by atoms with Crippen molar-refractivity contribution in [1.29, 1.82) is 0 Å². The van der Waals surface area contributed by atoms with Crippen LogP contribution in [0.15, 0.2) is 11.0 Å². The van der Waals surface area contributed by atoms with Crippen molar-refractivity contribution in [3.63, 3.8) is 0 Å². The van der Waals surface area contributed by atoms with Gasteiger partial charge in [-0.05, 0) is 12.8 Å². The second-order valence-electron chi connectivity index (χ2n) is 3.75. The maximum atomic E-state index is 13.1. The predicted octanol–water partition coefficient (Wildman–Crippen LogP) is -0.0920. The molecule has 0 aromatic carbocycles. The molecule has 1 aromatic heterocycles. The molecule has 0 bridgehead atoms. The van der Waals surface area contributed by atoms with E-state index in [0.29, 0.717) is 0 Å². The highest BCUT2D eigenvalue weighted by atomic mass is 19.1. The molecule has 3 N–H and O–H groups in total. The Morgan fingerprint density at radius 1 is 1.67 bits per heavy atom. The Kier molecular flexibility index (Phi) is 2.44. The van der Waals surface area contributed by atoms with E-state index in [1.54, 1.807) is 0 Å². The lowest BCUT2D eigenvalue weighted by Gasteiger charge is -2.36. The highest BCUT2D eigenvalue weighted by Gasteiger charge is 2.32. The fourth-order valence-corrected chi connectivity index (χ4v) is 1.83. The van der Waals surface area contributed by atoms with E-state index >= 15 is 0 Å².